The van der Waals surface area contributed by atoms with Crippen molar-refractivity contribution in [1.29, 1.82) is 0 Å². The lowest BCUT2D eigenvalue weighted by molar-refractivity contribution is 0.0377. The van der Waals surface area contributed by atoms with Gasteiger partial charge in [0, 0.05) is 12.2 Å². The van der Waals surface area contributed by atoms with Gasteiger partial charge in [-0.1, -0.05) is 13.8 Å². The molecule has 0 aliphatic carbocycles. The molecule has 1 rings (SSSR count). The fraction of sp³-hybridized carbons (Fsp3) is 0.538. The zero-order chi connectivity index (χ0) is 14.7. The third-order valence-corrected chi connectivity index (χ3v) is 4.86. The Morgan fingerprint density at radius 1 is 1.32 bits per heavy atom. The molecule has 108 valence electrons. The Labute approximate surface area is 114 Å². The number of benzene rings is 1. The number of sulfonamides is 1. The minimum Gasteiger partial charge on any atom is -0.399 e. The molecule has 0 heterocycles. The van der Waals surface area contributed by atoms with Crippen LogP contribution in [0.2, 0.25) is 0 Å². The third kappa shape index (κ3) is 3.92. The maximum absolute atomic E-state index is 12.1. The molecule has 0 atom stereocenters. The van der Waals surface area contributed by atoms with Crippen molar-refractivity contribution in [3.8, 4) is 0 Å². The molecule has 0 amide bonds. The van der Waals surface area contributed by atoms with Gasteiger partial charge in [0.25, 0.3) is 0 Å². The van der Waals surface area contributed by atoms with Crippen molar-refractivity contribution < 1.29 is 13.5 Å². The van der Waals surface area contributed by atoms with Gasteiger partial charge in [-0.05, 0) is 43.5 Å². The Morgan fingerprint density at radius 3 is 2.37 bits per heavy atom. The highest BCUT2D eigenvalue weighted by atomic mass is 32.2. The number of hydrogen-bond acceptors (Lipinski definition) is 4. The van der Waals surface area contributed by atoms with Crippen LogP contribution in [0.15, 0.2) is 23.1 Å². The first kappa shape index (κ1) is 15.9. The highest BCUT2D eigenvalue weighted by Gasteiger charge is 2.25. The highest BCUT2D eigenvalue weighted by molar-refractivity contribution is 7.89. The van der Waals surface area contributed by atoms with Crippen LogP contribution in [0.5, 0.6) is 0 Å². The molecule has 0 aromatic heterocycles. The van der Waals surface area contributed by atoms with Crippen molar-refractivity contribution in [1.82, 2.24) is 4.72 Å². The van der Waals surface area contributed by atoms with Crippen molar-refractivity contribution in [3.05, 3.63) is 23.8 Å². The molecule has 1 aromatic rings. The minimum absolute atomic E-state index is 0.00571. The van der Waals surface area contributed by atoms with E-state index in [1.54, 1.807) is 13.0 Å². The second kappa shape index (κ2) is 5.90. The summed E-state index contributed by atoms with van der Waals surface area (Å²) in [5.41, 5.74) is 5.92. The number of anilines is 1. The number of nitrogen functional groups attached to an aromatic ring is 1. The van der Waals surface area contributed by atoms with Crippen LogP contribution in [0.25, 0.3) is 0 Å². The monoisotopic (exact) mass is 286 g/mol. The predicted octanol–water partition coefficient (Wildman–Crippen LogP) is 1.41. The van der Waals surface area contributed by atoms with E-state index in [9.17, 15) is 13.5 Å². The van der Waals surface area contributed by atoms with Gasteiger partial charge in [0.15, 0.2) is 0 Å². The molecule has 5 nitrogen and oxygen atoms in total. The lowest BCUT2D eigenvalue weighted by atomic mass is 9.98. The van der Waals surface area contributed by atoms with Crippen molar-refractivity contribution in [2.45, 2.75) is 44.1 Å². The second-order valence-electron chi connectivity index (χ2n) is 4.77. The normalized spacial score (nSPS) is 12.6. The van der Waals surface area contributed by atoms with Crippen molar-refractivity contribution in [2.24, 2.45) is 0 Å². The fourth-order valence-electron chi connectivity index (χ4n) is 1.63. The van der Waals surface area contributed by atoms with Crippen LogP contribution in [-0.4, -0.2) is 25.7 Å². The zero-order valence-corrected chi connectivity index (χ0v) is 12.4. The molecule has 0 fully saturated rings. The van der Waals surface area contributed by atoms with Crippen LogP contribution >= 0.6 is 0 Å². The molecule has 19 heavy (non-hydrogen) atoms. The summed E-state index contributed by atoms with van der Waals surface area (Å²) in [5, 5.41) is 10.1. The maximum Gasteiger partial charge on any atom is 0.240 e. The van der Waals surface area contributed by atoms with Crippen LogP contribution in [0.1, 0.15) is 32.3 Å². The molecule has 0 unspecified atom stereocenters. The summed E-state index contributed by atoms with van der Waals surface area (Å²) >= 11 is 0. The summed E-state index contributed by atoms with van der Waals surface area (Å²) in [6.07, 6.45) is 0.986. The number of nitrogens with two attached hydrogens (primary N) is 1. The van der Waals surface area contributed by atoms with Gasteiger partial charge in [-0.2, -0.15) is 0 Å². The van der Waals surface area contributed by atoms with Gasteiger partial charge < -0.3 is 10.8 Å². The molecule has 6 heteroatoms. The molecule has 0 radical (unpaired) electrons. The van der Waals surface area contributed by atoms with Crippen LogP contribution in [0.4, 0.5) is 5.69 Å². The second-order valence-corrected chi connectivity index (χ2v) is 6.54. The molecule has 4 N–H and O–H groups in total. The van der Waals surface area contributed by atoms with Crippen LogP contribution < -0.4 is 10.5 Å². The smallest absolute Gasteiger partial charge is 0.240 e. The average molecular weight is 286 g/mol. The summed E-state index contributed by atoms with van der Waals surface area (Å²) in [6.45, 7) is 5.41. The van der Waals surface area contributed by atoms with Gasteiger partial charge in [-0.3, -0.25) is 0 Å². The van der Waals surface area contributed by atoms with Crippen molar-refractivity contribution >= 4 is 15.7 Å². The van der Waals surface area contributed by atoms with E-state index in [0.29, 0.717) is 24.1 Å². The van der Waals surface area contributed by atoms with E-state index < -0.39 is 15.6 Å². The number of rotatable bonds is 6. The number of nitrogens with one attached hydrogen (secondary N) is 1. The van der Waals surface area contributed by atoms with Crippen LogP contribution in [0, 0.1) is 6.92 Å². The van der Waals surface area contributed by atoms with E-state index in [1.807, 2.05) is 13.8 Å². The van der Waals surface area contributed by atoms with Gasteiger partial charge in [0.05, 0.1) is 10.5 Å². The maximum atomic E-state index is 12.1. The van der Waals surface area contributed by atoms with E-state index in [1.165, 1.54) is 12.1 Å². The van der Waals surface area contributed by atoms with Crippen LogP contribution in [-0.2, 0) is 10.0 Å². The summed E-state index contributed by atoms with van der Waals surface area (Å²) < 4.78 is 26.7. The Kier molecular flexibility index (Phi) is 4.95. The first-order valence-electron chi connectivity index (χ1n) is 6.32. The van der Waals surface area contributed by atoms with Gasteiger partial charge >= 0.3 is 0 Å². The molecular formula is C13H22N2O3S. The average Bonchev–Trinajstić information content (AvgIpc) is 2.39. The van der Waals surface area contributed by atoms with Crippen molar-refractivity contribution in [3.63, 3.8) is 0 Å². The summed E-state index contributed by atoms with van der Waals surface area (Å²) in [4.78, 5) is 0.161. The third-order valence-electron chi connectivity index (χ3n) is 3.46. The minimum atomic E-state index is -3.62. The lowest BCUT2D eigenvalue weighted by Gasteiger charge is -2.25. The molecule has 0 spiro atoms. The number of hydrogen-bond donors (Lipinski definition) is 3. The lowest BCUT2D eigenvalue weighted by Crippen LogP contribution is -2.41. The number of aliphatic hydroxyl groups is 1. The standard InChI is InChI=1S/C13H22N2O3S/c1-4-13(16,5-2)9-15-19(17,18)11-6-7-12(14)10(3)8-11/h6-8,15-16H,4-5,9,14H2,1-3H3. The van der Waals surface area contributed by atoms with E-state index in [4.69, 9.17) is 5.73 Å². The Hall–Kier alpha value is -1.11. The first-order valence-corrected chi connectivity index (χ1v) is 7.80. The molecule has 0 bridgehead atoms. The molecule has 0 aliphatic rings. The largest absolute Gasteiger partial charge is 0.399 e. The molecule has 0 saturated carbocycles. The first-order chi connectivity index (χ1) is 8.74. The Balaban J connectivity index is 2.90. The topological polar surface area (TPSA) is 92.4 Å². The Bertz CT molecular complexity index is 537. The molecule has 0 aliphatic heterocycles. The van der Waals surface area contributed by atoms with E-state index in [0.717, 1.165) is 0 Å². The van der Waals surface area contributed by atoms with E-state index >= 15 is 0 Å². The predicted molar refractivity (Wildman–Crippen MR) is 76.3 cm³/mol. The quantitative estimate of drug-likeness (QED) is 0.689. The SMILES string of the molecule is CCC(O)(CC)CNS(=O)(=O)c1ccc(N)c(C)c1. The molecule has 1 aromatic carbocycles. The fourth-order valence-corrected chi connectivity index (χ4v) is 2.83. The Morgan fingerprint density at radius 2 is 1.89 bits per heavy atom. The molecule has 0 saturated heterocycles. The van der Waals surface area contributed by atoms with Gasteiger partial charge in [-0.15, -0.1) is 0 Å². The van der Waals surface area contributed by atoms with Crippen molar-refractivity contribution in [2.75, 3.05) is 12.3 Å². The zero-order valence-electron chi connectivity index (χ0n) is 11.6. The summed E-state index contributed by atoms with van der Waals surface area (Å²) in [6, 6.07) is 4.55. The summed E-state index contributed by atoms with van der Waals surface area (Å²) in [7, 11) is -3.62. The molecular weight excluding hydrogens is 264 g/mol. The number of aryl methyl sites for hydroxylation is 1. The van der Waals surface area contributed by atoms with E-state index in [-0.39, 0.29) is 11.4 Å². The highest BCUT2D eigenvalue weighted by Crippen LogP contribution is 2.18. The van der Waals surface area contributed by atoms with Gasteiger partial charge in [0.1, 0.15) is 0 Å². The summed E-state index contributed by atoms with van der Waals surface area (Å²) in [5.74, 6) is 0. The van der Waals surface area contributed by atoms with E-state index in [2.05, 4.69) is 4.72 Å². The van der Waals surface area contributed by atoms with Gasteiger partial charge in [-0.25, -0.2) is 13.1 Å². The van der Waals surface area contributed by atoms with Gasteiger partial charge in [0.2, 0.25) is 10.0 Å². The van der Waals surface area contributed by atoms with Crippen LogP contribution in [0.3, 0.4) is 0 Å².